The second-order valence-electron chi connectivity index (χ2n) is 5.54. The van der Waals surface area contributed by atoms with Gasteiger partial charge in [-0.2, -0.15) is 4.31 Å². The highest BCUT2D eigenvalue weighted by Gasteiger charge is 2.31. The summed E-state index contributed by atoms with van der Waals surface area (Å²) in [7, 11) is -3.48. The average Bonchev–Trinajstić information content (AvgIpc) is 2.43. The molecule has 1 aromatic carbocycles. The molecule has 1 fully saturated rings. The van der Waals surface area contributed by atoms with Gasteiger partial charge in [0.15, 0.2) is 0 Å². The topological polar surface area (TPSA) is 72.6 Å². The lowest BCUT2D eigenvalue weighted by Gasteiger charge is -2.31. The van der Waals surface area contributed by atoms with E-state index in [1.54, 1.807) is 23.4 Å². The highest BCUT2D eigenvalue weighted by atomic mass is 32.2. The van der Waals surface area contributed by atoms with Crippen LogP contribution >= 0.6 is 0 Å². The van der Waals surface area contributed by atoms with Gasteiger partial charge in [-0.3, -0.25) is 0 Å². The molecular weight excluding hydrogens is 288 g/mol. The van der Waals surface area contributed by atoms with Gasteiger partial charge < -0.3 is 10.5 Å². The zero-order chi connectivity index (χ0) is 15.6. The molecule has 118 valence electrons. The number of hydrogen-bond acceptors (Lipinski definition) is 4. The van der Waals surface area contributed by atoms with Crippen molar-refractivity contribution in [3.05, 3.63) is 23.3 Å². The fraction of sp³-hybridized carbons (Fsp3) is 0.600. The summed E-state index contributed by atoms with van der Waals surface area (Å²) in [4.78, 5) is 0.329. The molecule has 1 heterocycles. The van der Waals surface area contributed by atoms with E-state index >= 15 is 0 Å². The molecule has 0 amide bonds. The molecule has 6 heteroatoms. The fourth-order valence-electron chi connectivity index (χ4n) is 2.73. The molecule has 2 rings (SSSR count). The van der Waals surface area contributed by atoms with Crippen LogP contribution in [-0.2, 0) is 14.8 Å². The van der Waals surface area contributed by atoms with Gasteiger partial charge in [0.2, 0.25) is 10.0 Å². The molecule has 0 saturated carbocycles. The van der Waals surface area contributed by atoms with Gasteiger partial charge in [0.05, 0.1) is 11.0 Å². The Labute approximate surface area is 127 Å². The first-order chi connectivity index (χ1) is 9.86. The monoisotopic (exact) mass is 312 g/mol. The molecule has 0 unspecified atom stereocenters. The van der Waals surface area contributed by atoms with E-state index in [4.69, 9.17) is 10.5 Å². The Morgan fingerprint density at radius 1 is 1.29 bits per heavy atom. The molecule has 0 spiro atoms. The Morgan fingerprint density at radius 2 is 1.90 bits per heavy atom. The summed E-state index contributed by atoms with van der Waals surface area (Å²) >= 11 is 0. The van der Waals surface area contributed by atoms with Crippen LogP contribution in [0.2, 0.25) is 0 Å². The molecule has 0 atom stereocenters. The number of piperidine rings is 1. The summed E-state index contributed by atoms with van der Waals surface area (Å²) in [5.74, 6) is 0. The minimum absolute atomic E-state index is 0.171. The van der Waals surface area contributed by atoms with Crippen molar-refractivity contribution in [3.8, 4) is 0 Å². The predicted octanol–water partition coefficient (Wildman–Crippen LogP) is 2.08. The third-order valence-electron chi connectivity index (χ3n) is 3.97. The largest absolute Gasteiger partial charge is 0.398 e. The molecule has 1 saturated heterocycles. The van der Waals surface area contributed by atoms with E-state index < -0.39 is 10.0 Å². The maximum atomic E-state index is 12.8. The standard InChI is InChI=1S/C15H24N2O3S/c1-4-20-13-5-7-17(8-6-13)21(18,19)15-10-11(2)9-14(16)12(15)3/h9-10,13H,4-8,16H2,1-3H3. The minimum atomic E-state index is -3.48. The molecule has 0 radical (unpaired) electrons. The molecular formula is C15H24N2O3S. The number of nitrogens with zero attached hydrogens (tertiary/aromatic N) is 1. The number of ether oxygens (including phenoxy) is 1. The van der Waals surface area contributed by atoms with Crippen molar-refractivity contribution < 1.29 is 13.2 Å². The zero-order valence-corrected chi connectivity index (χ0v) is 13.7. The Balaban J connectivity index is 2.24. The van der Waals surface area contributed by atoms with Crippen LogP contribution in [0.1, 0.15) is 30.9 Å². The van der Waals surface area contributed by atoms with Gasteiger partial charge in [0.1, 0.15) is 0 Å². The Kier molecular flexibility index (Phi) is 4.91. The number of aryl methyl sites for hydroxylation is 1. The van der Waals surface area contributed by atoms with Gasteiger partial charge in [-0.15, -0.1) is 0 Å². The number of anilines is 1. The molecule has 5 nitrogen and oxygen atoms in total. The van der Waals surface area contributed by atoms with Gasteiger partial charge in [-0.1, -0.05) is 0 Å². The van der Waals surface area contributed by atoms with Gasteiger partial charge >= 0.3 is 0 Å². The van der Waals surface area contributed by atoms with Crippen LogP contribution in [0.25, 0.3) is 0 Å². The molecule has 0 aliphatic carbocycles. The minimum Gasteiger partial charge on any atom is -0.398 e. The van der Waals surface area contributed by atoms with Crippen LogP contribution in [0, 0.1) is 13.8 Å². The average molecular weight is 312 g/mol. The zero-order valence-electron chi connectivity index (χ0n) is 12.9. The Hall–Kier alpha value is -1.11. The molecule has 0 aromatic heterocycles. The highest BCUT2D eigenvalue weighted by Crippen LogP contribution is 2.28. The Bertz CT molecular complexity index is 606. The SMILES string of the molecule is CCOC1CCN(S(=O)(=O)c2cc(C)cc(N)c2C)CC1. The van der Waals surface area contributed by atoms with E-state index in [-0.39, 0.29) is 6.10 Å². The first-order valence-corrected chi connectivity index (χ1v) is 8.78. The fourth-order valence-corrected chi connectivity index (χ4v) is 4.54. The first kappa shape index (κ1) is 16.3. The summed E-state index contributed by atoms with van der Waals surface area (Å²) in [6.07, 6.45) is 1.66. The number of rotatable bonds is 4. The normalized spacial score (nSPS) is 18.0. The van der Waals surface area contributed by atoms with E-state index in [9.17, 15) is 8.42 Å². The van der Waals surface area contributed by atoms with E-state index in [1.807, 2.05) is 13.8 Å². The van der Waals surface area contributed by atoms with Gasteiger partial charge in [0, 0.05) is 25.4 Å². The maximum absolute atomic E-state index is 12.8. The number of sulfonamides is 1. The van der Waals surface area contributed by atoms with Crippen molar-refractivity contribution in [3.63, 3.8) is 0 Å². The lowest BCUT2D eigenvalue weighted by Crippen LogP contribution is -2.41. The highest BCUT2D eigenvalue weighted by molar-refractivity contribution is 7.89. The van der Waals surface area contributed by atoms with Crippen LogP contribution in [0.15, 0.2) is 17.0 Å². The van der Waals surface area contributed by atoms with E-state index in [0.717, 1.165) is 18.4 Å². The molecule has 1 aromatic rings. The lowest BCUT2D eigenvalue weighted by atomic mass is 10.1. The van der Waals surface area contributed by atoms with Crippen LogP contribution in [0.4, 0.5) is 5.69 Å². The predicted molar refractivity (Wildman–Crippen MR) is 83.7 cm³/mol. The first-order valence-electron chi connectivity index (χ1n) is 7.34. The second-order valence-corrected chi connectivity index (χ2v) is 7.44. The number of nitrogens with two attached hydrogens (primary N) is 1. The molecule has 21 heavy (non-hydrogen) atoms. The van der Waals surface area contributed by atoms with Gasteiger partial charge in [-0.25, -0.2) is 8.42 Å². The molecule has 1 aliphatic heterocycles. The third kappa shape index (κ3) is 3.39. The van der Waals surface area contributed by atoms with Crippen LogP contribution in [-0.4, -0.2) is 38.5 Å². The van der Waals surface area contributed by atoms with Crippen LogP contribution in [0.3, 0.4) is 0 Å². The summed E-state index contributed by atoms with van der Waals surface area (Å²) in [6.45, 7) is 7.25. The molecule has 0 bridgehead atoms. The van der Waals surface area contributed by atoms with Crippen LogP contribution in [0.5, 0.6) is 0 Å². The second kappa shape index (κ2) is 6.34. The number of benzene rings is 1. The lowest BCUT2D eigenvalue weighted by molar-refractivity contribution is 0.0290. The summed E-state index contributed by atoms with van der Waals surface area (Å²) in [5, 5.41) is 0. The van der Waals surface area contributed by atoms with Crippen molar-refractivity contribution in [1.82, 2.24) is 4.31 Å². The van der Waals surface area contributed by atoms with E-state index in [2.05, 4.69) is 0 Å². The summed E-state index contributed by atoms with van der Waals surface area (Å²) in [5.41, 5.74) is 7.93. The van der Waals surface area contributed by atoms with Crippen molar-refractivity contribution in [2.75, 3.05) is 25.4 Å². The number of hydrogen-bond donors (Lipinski definition) is 1. The summed E-state index contributed by atoms with van der Waals surface area (Å²) < 4.78 is 32.7. The molecule has 1 aliphatic rings. The summed E-state index contributed by atoms with van der Waals surface area (Å²) in [6, 6.07) is 3.51. The third-order valence-corrected chi connectivity index (χ3v) is 5.99. The van der Waals surface area contributed by atoms with E-state index in [0.29, 0.717) is 35.8 Å². The quantitative estimate of drug-likeness (QED) is 0.864. The van der Waals surface area contributed by atoms with E-state index in [1.165, 1.54) is 0 Å². The Morgan fingerprint density at radius 3 is 2.48 bits per heavy atom. The smallest absolute Gasteiger partial charge is 0.243 e. The van der Waals surface area contributed by atoms with Crippen molar-refractivity contribution in [2.45, 2.75) is 44.6 Å². The maximum Gasteiger partial charge on any atom is 0.243 e. The van der Waals surface area contributed by atoms with Crippen molar-refractivity contribution in [2.24, 2.45) is 0 Å². The van der Waals surface area contributed by atoms with Crippen LogP contribution < -0.4 is 5.73 Å². The van der Waals surface area contributed by atoms with Gasteiger partial charge in [0.25, 0.3) is 0 Å². The van der Waals surface area contributed by atoms with Gasteiger partial charge in [-0.05, 0) is 56.9 Å². The molecule has 2 N–H and O–H groups in total. The number of nitrogen functional groups attached to an aromatic ring is 1. The van der Waals surface area contributed by atoms with Crippen molar-refractivity contribution in [1.29, 1.82) is 0 Å². The van der Waals surface area contributed by atoms with Crippen molar-refractivity contribution >= 4 is 15.7 Å².